The standard InChI is InChI=1S/C19H25ClN2O3/c1-22(11-13-7-3-2-4-8-13)19(24)18-17(21-16(23)12-25-18)14-9-5-6-10-15(14)20/h5-6,9-10,13,17-18H,2-4,7-8,11-12H2,1H3,(H,21,23)/t17-,18+/m1/s1. The van der Waals surface area contributed by atoms with E-state index in [-0.39, 0.29) is 18.4 Å². The lowest BCUT2D eigenvalue weighted by molar-refractivity contribution is -0.154. The number of ether oxygens (including phenoxy) is 1. The summed E-state index contributed by atoms with van der Waals surface area (Å²) in [6.07, 6.45) is 5.38. The summed E-state index contributed by atoms with van der Waals surface area (Å²) in [6.45, 7) is 0.635. The largest absolute Gasteiger partial charge is 0.356 e. The maximum atomic E-state index is 13.0. The first-order chi connectivity index (χ1) is 12.1. The van der Waals surface area contributed by atoms with Gasteiger partial charge in [0.05, 0.1) is 6.04 Å². The van der Waals surface area contributed by atoms with Gasteiger partial charge in [0.1, 0.15) is 6.61 Å². The van der Waals surface area contributed by atoms with E-state index in [0.717, 1.165) is 6.54 Å². The molecule has 25 heavy (non-hydrogen) atoms. The molecule has 2 aliphatic rings. The second-order valence-electron chi connectivity index (χ2n) is 7.02. The monoisotopic (exact) mass is 364 g/mol. The van der Waals surface area contributed by atoms with E-state index >= 15 is 0 Å². The Hall–Kier alpha value is -1.59. The number of hydrogen-bond acceptors (Lipinski definition) is 3. The first-order valence-corrected chi connectivity index (χ1v) is 9.34. The second kappa shape index (κ2) is 8.19. The molecule has 1 aromatic carbocycles. The van der Waals surface area contributed by atoms with E-state index in [9.17, 15) is 9.59 Å². The summed E-state index contributed by atoms with van der Waals surface area (Å²) in [5, 5.41) is 3.39. The molecular formula is C19H25ClN2O3. The highest BCUT2D eigenvalue weighted by atomic mass is 35.5. The lowest BCUT2D eigenvalue weighted by Crippen LogP contribution is -2.53. The van der Waals surface area contributed by atoms with Crippen molar-refractivity contribution in [1.29, 1.82) is 0 Å². The quantitative estimate of drug-likeness (QED) is 0.893. The Morgan fingerprint density at radius 1 is 1.28 bits per heavy atom. The van der Waals surface area contributed by atoms with Crippen LogP contribution in [0.5, 0.6) is 0 Å². The molecule has 1 heterocycles. The lowest BCUT2D eigenvalue weighted by Gasteiger charge is -2.35. The molecule has 0 unspecified atom stereocenters. The van der Waals surface area contributed by atoms with Gasteiger partial charge in [0.25, 0.3) is 5.91 Å². The van der Waals surface area contributed by atoms with Gasteiger partial charge in [-0.1, -0.05) is 49.1 Å². The molecule has 3 rings (SSSR count). The molecule has 5 nitrogen and oxygen atoms in total. The maximum Gasteiger partial charge on any atom is 0.253 e. The van der Waals surface area contributed by atoms with Crippen molar-refractivity contribution in [2.45, 2.75) is 44.2 Å². The summed E-state index contributed by atoms with van der Waals surface area (Å²) in [7, 11) is 1.82. The number of rotatable bonds is 4. The highest BCUT2D eigenvalue weighted by molar-refractivity contribution is 6.31. The highest BCUT2D eigenvalue weighted by Crippen LogP contribution is 2.30. The van der Waals surface area contributed by atoms with Crippen molar-refractivity contribution in [2.24, 2.45) is 5.92 Å². The minimum absolute atomic E-state index is 0.101. The fraction of sp³-hybridized carbons (Fsp3) is 0.579. The number of nitrogens with one attached hydrogen (secondary N) is 1. The lowest BCUT2D eigenvalue weighted by atomic mass is 9.89. The molecular weight excluding hydrogens is 340 g/mol. The van der Waals surface area contributed by atoms with Crippen LogP contribution in [0, 0.1) is 5.92 Å². The molecule has 2 fully saturated rings. The summed E-state index contributed by atoms with van der Waals surface area (Å²) in [5.41, 5.74) is 0.710. The Kier molecular flexibility index (Phi) is 5.97. The van der Waals surface area contributed by atoms with Gasteiger partial charge in [-0.2, -0.15) is 0 Å². The van der Waals surface area contributed by atoms with Crippen LogP contribution in [0.2, 0.25) is 5.02 Å². The Labute approximate surface area is 153 Å². The van der Waals surface area contributed by atoms with Gasteiger partial charge in [0.15, 0.2) is 6.10 Å². The number of halogens is 1. The zero-order chi connectivity index (χ0) is 17.8. The van der Waals surface area contributed by atoms with Crippen LogP contribution in [-0.2, 0) is 14.3 Å². The van der Waals surface area contributed by atoms with Gasteiger partial charge in [-0.25, -0.2) is 0 Å². The van der Waals surface area contributed by atoms with Crippen molar-refractivity contribution in [3.8, 4) is 0 Å². The van der Waals surface area contributed by atoms with E-state index in [1.54, 1.807) is 11.0 Å². The van der Waals surface area contributed by atoms with E-state index in [4.69, 9.17) is 16.3 Å². The van der Waals surface area contributed by atoms with Crippen LogP contribution in [0.25, 0.3) is 0 Å². The van der Waals surface area contributed by atoms with Gasteiger partial charge in [-0.3, -0.25) is 9.59 Å². The first kappa shape index (κ1) is 18.2. The topological polar surface area (TPSA) is 58.6 Å². The van der Waals surface area contributed by atoms with Crippen LogP contribution in [0.15, 0.2) is 24.3 Å². The average Bonchev–Trinajstić information content (AvgIpc) is 2.62. The van der Waals surface area contributed by atoms with E-state index in [0.29, 0.717) is 16.5 Å². The zero-order valence-corrected chi connectivity index (χ0v) is 15.3. The van der Waals surface area contributed by atoms with Crippen molar-refractivity contribution in [3.63, 3.8) is 0 Å². The van der Waals surface area contributed by atoms with E-state index in [2.05, 4.69) is 5.32 Å². The molecule has 2 atom stereocenters. The van der Waals surface area contributed by atoms with Gasteiger partial charge < -0.3 is 15.0 Å². The minimum Gasteiger partial charge on any atom is -0.356 e. The predicted molar refractivity (Wildman–Crippen MR) is 96.3 cm³/mol. The SMILES string of the molecule is CN(CC1CCCCC1)C(=O)[C@H]1OCC(=O)N[C@@H]1c1ccccc1Cl. The normalized spacial score (nSPS) is 24.6. The van der Waals surface area contributed by atoms with Crippen LogP contribution in [0.1, 0.15) is 43.7 Å². The second-order valence-corrected chi connectivity index (χ2v) is 7.43. The van der Waals surface area contributed by atoms with Crippen LogP contribution >= 0.6 is 11.6 Å². The molecule has 0 aromatic heterocycles. The van der Waals surface area contributed by atoms with Crippen LogP contribution < -0.4 is 5.32 Å². The Balaban J connectivity index is 1.74. The molecule has 6 heteroatoms. The predicted octanol–water partition coefficient (Wildman–Crippen LogP) is 2.93. The van der Waals surface area contributed by atoms with Crippen molar-refractivity contribution >= 4 is 23.4 Å². The molecule has 0 spiro atoms. The molecule has 1 saturated heterocycles. The third-order valence-electron chi connectivity index (χ3n) is 5.13. The molecule has 0 bridgehead atoms. The maximum absolute atomic E-state index is 13.0. The number of amides is 2. The van der Waals surface area contributed by atoms with Gasteiger partial charge in [0, 0.05) is 18.6 Å². The summed E-state index contributed by atoms with van der Waals surface area (Å²) in [5.74, 6) is 0.221. The number of morpholine rings is 1. The number of benzene rings is 1. The number of carbonyl (C=O) groups is 2. The van der Waals surface area contributed by atoms with E-state index in [1.165, 1.54) is 32.1 Å². The smallest absolute Gasteiger partial charge is 0.253 e. The van der Waals surface area contributed by atoms with E-state index < -0.39 is 12.1 Å². The number of carbonyl (C=O) groups excluding carboxylic acids is 2. The summed E-state index contributed by atoms with van der Waals surface area (Å²) in [4.78, 5) is 26.5. The molecule has 136 valence electrons. The van der Waals surface area contributed by atoms with Gasteiger partial charge in [-0.15, -0.1) is 0 Å². The fourth-order valence-corrected chi connectivity index (χ4v) is 4.05. The Bertz CT molecular complexity index is 631. The first-order valence-electron chi connectivity index (χ1n) is 8.96. The summed E-state index contributed by atoms with van der Waals surface area (Å²) < 4.78 is 5.62. The third kappa shape index (κ3) is 4.33. The Morgan fingerprint density at radius 2 is 2.00 bits per heavy atom. The third-order valence-corrected chi connectivity index (χ3v) is 5.47. The number of likely N-dealkylation sites (N-methyl/N-ethyl adjacent to an activating group) is 1. The van der Waals surface area contributed by atoms with Crippen molar-refractivity contribution in [3.05, 3.63) is 34.9 Å². The Morgan fingerprint density at radius 3 is 2.72 bits per heavy atom. The van der Waals surface area contributed by atoms with Crippen molar-refractivity contribution < 1.29 is 14.3 Å². The molecule has 1 saturated carbocycles. The minimum atomic E-state index is -0.744. The molecule has 1 aromatic rings. The van der Waals surface area contributed by atoms with Crippen molar-refractivity contribution in [2.75, 3.05) is 20.2 Å². The fourth-order valence-electron chi connectivity index (χ4n) is 3.80. The number of nitrogens with zero attached hydrogens (tertiary/aromatic N) is 1. The average molecular weight is 365 g/mol. The molecule has 0 radical (unpaired) electrons. The molecule has 1 aliphatic heterocycles. The highest BCUT2D eigenvalue weighted by Gasteiger charge is 2.38. The van der Waals surface area contributed by atoms with Crippen LogP contribution in [0.4, 0.5) is 0 Å². The molecule has 1 N–H and O–H groups in total. The van der Waals surface area contributed by atoms with Crippen LogP contribution in [0.3, 0.4) is 0 Å². The number of hydrogen-bond donors (Lipinski definition) is 1. The van der Waals surface area contributed by atoms with Gasteiger partial charge in [0.2, 0.25) is 5.91 Å². The molecule has 2 amide bonds. The molecule has 1 aliphatic carbocycles. The summed E-state index contributed by atoms with van der Waals surface area (Å²) in [6, 6.07) is 6.68. The van der Waals surface area contributed by atoms with Crippen molar-refractivity contribution in [1.82, 2.24) is 10.2 Å². The van der Waals surface area contributed by atoms with Gasteiger partial charge >= 0.3 is 0 Å². The summed E-state index contributed by atoms with van der Waals surface area (Å²) >= 11 is 6.28. The van der Waals surface area contributed by atoms with Gasteiger partial charge in [-0.05, 0) is 30.4 Å². The van der Waals surface area contributed by atoms with Crippen LogP contribution in [-0.4, -0.2) is 43.0 Å². The zero-order valence-electron chi connectivity index (χ0n) is 14.5. The van der Waals surface area contributed by atoms with E-state index in [1.807, 2.05) is 25.2 Å².